The largest absolute Gasteiger partial charge is 0.508 e. The second kappa shape index (κ2) is 19.0. The number of rotatable bonds is 19. The Morgan fingerprint density at radius 2 is 1.16 bits per heavy atom. The highest BCUT2D eigenvalue weighted by atomic mass is 16.3. The van der Waals surface area contributed by atoms with Crippen molar-refractivity contribution in [3.05, 3.63) is 35.9 Å². The Kier molecular flexibility index (Phi) is 16.7. The van der Waals surface area contributed by atoms with E-state index in [1.165, 1.54) is 96.3 Å². The van der Waals surface area contributed by atoms with Gasteiger partial charge in [0.15, 0.2) is 0 Å². The quantitative estimate of drug-likeness (QED) is 0.172. The molecule has 0 bridgehead atoms. The zero-order valence-electron chi connectivity index (χ0n) is 20.3. The van der Waals surface area contributed by atoms with Crippen LogP contribution < -0.4 is 5.32 Å². The average molecular weight is 430 g/mol. The number of phenolic OH excluding ortho intramolecular Hbond substituents is 1. The molecule has 0 atom stereocenters. The van der Waals surface area contributed by atoms with Gasteiger partial charge in [0, 0.05) is 12.6 Å². The number of amides is 1. The first kappa shape index (κ1) is 27.3. The van der Waals surface area contributed by atoms with Crippen LogP contribution >= 0.6 is 0 Å². The second-order valence-corrected chi connectivity index (χ2v) is 8.97. The number of nitrogens with one attached hydrogen (secondary N) is 1. The number of hydrogen-bond donors (Lipinski definition) is 2. The summed E-state index contributed by atoms with van der Waals surface area (Å²) in [7, 11) is 0. The van der Waals surface area contributed by atoms with E-state index in [0.29, 0.717) is 0 Å². The summed E-state index contributed by atoms with van der Waals surface area (Å²) in [6.45, 7) is 4.94. The van der Waals surface area contributed by atoms with Crippen LogP contribution in [0.3, 0.4) is 0 Å². The third-order valence-corrected chi connectivity index (χ3v) is 6.00. The maximum atomic E-state index is 12.0. The Morgan fingerprint density at radius 1 is 0.742 bits per heavy atom. The predicted octanol–water partition coefficient (Wildman–Crippen LogP) is 8.17. The summed E-state index contributed by atoms with van der Waals surface area (Å²) in [5, 5.41) is 12.3. The maximum Gasteiger partial charge on any atom is 0.244 e. The Hall–Kier alpha value is -1.77. The fourth-order valence-electron chi connectivity index (χ4n) is 3.94. The molecule has 0 saturated carbocycles. The summed E-state index contributed by atoms with van der Waals surface area (Å²) < 4.78 is 0. The molecule has 0 aromatic heterocycles. The van der Waals surface area contributed by atoms with Crippen molar-refractivity contribution in [2.24, 2.45) is 0 Å². The monoisotopic (exact) mass is 429 g/mol. The van der Waals surface area contributed by atoms with Crippen LogP contribution in [0.25, 0.3) is 5.57 Å². The van der Waals surface area contributed by atoms with Gasteiger partial charge < -0.3 is 10.4 Å². The molecular weight excluding hydrogens is 382 g/mol. The SMILES string of the molecule is CCCCCCCCCCCCCCCCCCNC(=O)C=C(C)c1ccc(O)cc1. The van der Waals surface area contributed by atoms with E-state index in [4.69, 9.17) is 0 Å². The normalized spacial score (nSPS) is 11.6. The minimum atomic E-state index is -0.0356. The molecule has 0 heterocycles. The minimum Gasteiger partial charge on any atom is -0.508 e. The van der Waals surface area contributed by atoms with E-state index in [0.717, 1.165) is 24.1 Å². The van der Waals surface area contributed by atoms with E-state index in [2.05, 4.69) is 12.2 Å². The third-order valence-electron chi connectivity index (χ3n) is 6.00. The molecule has 1 rings (SSSR count). The summed E-state index contributed by atoms with van der Waals surface area (Å²) in [4.78, 5) is 12.0. The number of benzene rings is 1. The van der Waals surface area contributed by atoms with E-state index < -0.39 is 0 Å². The Bertz CT molecular complexity index is 592. The van der Waals surface area contributed by atoms with Crippen molar-refractivity contribution in [3.63, 3.8) is 0 Å². The zero-order chi connectivity index (χ0) is 22.6. The second-order valence-electron chi connectivity index (χ2n) is 8.97. The van der Waals surface area contributed by atoms with Crippen LogP contribution in [0.1, 0.15) is 122 Å². The Morgan fingerprint density at radius 3 is 1.61 bits per heavy atom. The molecule has 1 amide bonds. The first-order valence-electron chi connectivity index (χ1n) is 12.9. The van der Waals surface area contributed by atoms with E-state index >= 15 is 0 Å². The van der Waals surface area contributed by atoms with Crippen LogP contribution in [-0.2, 0) is 4.79 Å². The maximum absolute atomic E-state index is 12.0. The van der Waals surface area contributed by atoms with Gasteiger partial charge in [-0.25, -0.2) is 0 Å². The zero-order valence-corrected chi connectivity index (χ0v) is 20.3. The van der Waals surface area contributed by atoms with Crippen molar-refractivity contribution in [3.8, 4) is 5.75 Å². The van der Waals surface area contributed by atoms with Crippen molar-refractivity contribution in [2.75, 3.05) is 6.54 Å². The Balaban J connectivity index is 1.87. The lowest BCUT2D eigenvalue weighted by molar-refractivity contribution is -0.116. The fourth-order valence-corrected chi connectivity index (χ4v) is 3.94. The molecule has 0 spiro atoms. The van der Waals surface area contributed by atoms with Crippen molar-refractivity contribution in [1.29, 1.82) is 0 Å². The van der Waals surface area contributed by atoms with Gasteiger partial charge in [0.25, 0.3) is 0 Å². The van der Waals surface area contributed by atoms with Gasteiger partial charge in [-0.05, 0) is 36.6 Å². The molecule has 0 unspecified atom stereocenters. The van der Waals surface area contributed by atoms with Gasteiger partial charge in [0.2, 0.25) is 5.91 Å². The van der Waals surface area contributed by atoms with Crippen LogP contribution in [0, 0.1) is 0 Å². The van der Waals surface area contributed by atoms with Gasteiger partial charge in [0.1, 0.15) is 5.75 Å². The standard InChI is InChI=1S/C28H47NO2/c1-3-4-5-6-7-8-9-10-11-12-13-14-15-16-17-18-23-29-28(31)24-25(2)26-19-21-27(30)22-20-26/h19-22,24,30H,3-18,23H2,1-2H3,(H,29,31). The highest BCUT2D eigenvalue weighted by Gasteiger charge is 2.01. The number of unbranched alkanes of at least 4 members (excludes halogenated alkanes) is 15. The lowest BCUT2D eigenvalue weighted by atomic mass is 10.0. The molecule has 0 saturated heterocycles. The van der Waals surface area contributed by atoms with Gasteiger partial charge in [-0.15, -0.1) is 0 Å². The fraction of sp³-hybridized carbons (Fsp3) is 0.679. The van der Waals surface area contributed by atoms with E-state index in [9.17, 15) is 9.90 Å². The molecule has 176 valence electrons. The first-order chi connectivity index (χ1) is 15.1. The minimum absolute atomic E-state index is 0.0356. The number of allylic oxidation sites excluding steroid dienone is 1. The topological polar surface area (TPSA) is 49.3 Å². The molecule has 1 aromatic rings. The average Bonchev–Trinajstić information content (AvgIpc) is 2.76. The van der Waals surface area contributed by atoms with E-state index in [-0.39, 0.29) is 11.7 Å². The van der Waals surface area contributed by atoms with Crippen LogP contribution in [0.2, 0.25) is 0 Å². The van der Waals surface area contributed by atoms with Gasteiger partial charge in [0.05, 0.1) is 0 Å². The van der Waals surface area contributed by atoms with Gasteiger partial charge in [-0.2, -0.15) is 0 Å². The first-order valence-corrected chi connectivity index (χ1v) is 12.9. The Labute approximate surface area is 191 Å². The number of phenols is 1. The molecule has 0 radical (unpaired) electrons. The lowest BCUT2D eigenvalue weighted by Crippen LogP contribution is -2.22. The van der Waals surface area contributed by atoms with Crippen molar-refractivity contribution >= 4 is 11.5 Å². The summed E-state index contributed by atoms with van der Waals surface area (Å²) in [6, 6.07) is 6.93. The molecule has 0 aliphatic carbocycles. The van der Waals surface area contributed by atoms with Gasteiger partial charge in [-0.1, -0.05) is 115 Å². The molecule has 3 nitrogen and oxygen atoms in total. The molecule has 2 N–H and O–H groups in total. The summed E-state index contributed by atoms with van der Waals surface area (Å²) in [5.74, 6) is 0.205. The van der Waals surface area contributed by atoms with Gasteiger partial charge >= 0.3 is 0 Å². The van der Waals surface area contributed by atoms with Crippen LogP contribution in [0.4, 0.5) is 0 Å². The van der Waals surface area contributed by atoms with E-state index in [1.54, 1.807) is 18.2 Å². The third kappa shape index (κ3) is 15.6. The van der Waals surface area contributed by atoms with Crippen LogP contribution in [0.15, 0.2) is 30.3 Å². The highest BCUT2D eigenvalue weighted by molar-refractivity contribution is 5.94. The summed E-state index contributed by atoms with van der Waals surface area (Å²) in [5.41, 5.74) is 1.86. The molecule has 0 fully saturated rings. The van der Waals surface area contributed by atoms with Crippen molar-refractivity contribution < 1.29 is 9.90 Å². The van der Waals surface area contributed by atoms with Crippen molar-refractivity contribution in [2.45, 2.75) is 117 Å². The number of aromatic hydroxyl groups is 1. The predicted molar refractivity (Wildman–Crippen MR) is 134 cm³/mol. The highest BCUT2D eigenvalue weighted by Crippen LogP contribution is 2.17. The summed E-state index contributed by atoms with van der Waals surface area (Å²) in [6.07, 6.45) is 23.4. The molecule has 3 heteroatoms. The smallest absolute Gasteiger partial charge is 0.244 e. The molecule has 1 aromatic carbocycles. The molecular formula is C28H47NO2. The summed E-state index contributed by atoms with van der Waals surface area (Å²) >= 11 is 0. The van der Waals surface area contributed by atoms with Crippen LogP contribution in [-0.4, -0.2) is 17.6 Å². The lowest BCUT2D eigenvalue weighted by Gasteiger charge is -2.05. The van der Waals surface area contributed by atoms with Crippen LogP contribution in [0.5, 0.6) is 5.75 Å². The van der Waals surface area contributed by atoms with Gasteiger partial charge in [-0.3, -0.25) is 4.79 Å². The number of hydrogen-bond acceptors (Lipinski definition) is 2. The van der Waals surface area contributed by atoms with E-state index in [1.807, 2.05) is 19.1 Å². The molecule has 0 aliphatic rings. The van der Waals surface area contributed by atoms with Crippen molar-refractivity contribution in [1.82, 2.24) is 5.32 Å². The molecule has 0 aliphatic heterocycles. The number of carbonyl (C=O) groups is 1. The number of carbonyl (C=O) groups excluding carboxylic acids is 1. The molecule has 31 heavy (non-hydrogen) atoms.